The van der Waals surface area contributed by atoms with E-state index in [-0.39, 0.29) is 11.8 Å². The van der Waals surface area contributed by atoms with Crippen molar-refractivity contribution >= 4 is 17.5 Å². The van der Waals surface area contributed by atoms with Crippen LogP contribution in [-0.4, -0.2) is 45.2 Å². The summed E-state index contributed by atoms with van der Waals surface area (Å²) in [6.45, 7) is 3.35. The van der Waals surface area contributed by atoms with Crippen molar-refractivity contribution in [2.45, 2.75) is 32.2 Å². The van der Waals surface area contributed by atoms with Gasteiger partial charge >= 0.3 is 0 Å². The maximum Gasteiger partial charge on any atom is 0.224 e. The third-order valence-electron chi connectivity index (χ3n) is 5.57. The monoisotopic (exact) mass is 387 g/mol. The quantitative estimate of drug-likeness (QED) is 0.827. The first-order valence-electron chi connectivity index (χ1n) is 9.74. The van der Waals surface area contributed by atoms with Crippen LogP contribution in [0.3, 0.4) is 0 Å². The van der Waals surface area contributed by atoms with Crippen LogP contribution in [0.1, 0.15) is 31.5 Å². The first-order valence-corrected chi connectivity index (χ1v) is 10.1. The smallest absolute Gasteiger partial charge is 0.224 e. The maximum absolute atomic E-state index is 12.4. The van der Waals surface area contributed by atoms with Crippen LogP contribution in [-0.2, 0) is 18.4 Å². The summed E-state index contributed by atoms with van der Waals surface area (Å²) in [6, 6.07) is 7.63. The van der Waals surface area contributed by atoms with E-state index in [1.807, 2.05) is 35.9 Å². The molecule has 1 unspecified atom stereocenters. The molecule has 1 atom stereocenters. The predicted octanol–water partition coefficient (Wildman–Crippen LogP) is 2.87. The highest BCUT2D eigenvalue weighted by atomic mass is 35.5. The fourth-order valence-corrected chi connectivity index (χ4v) is 3.80. The predicted molar refractivity (Wildman–Crippen MR) is 105 cm³/mol. The molecule has 2 aromatic rings. The van der Waals surface area contributed by atoms with Crippen LogP contribution in [0.5, 0.6) is 0 Å². The number of nitrogens with one attached hydrogen (secondary N) is 1. The van der Waals surface area contributed by atoms with Gasteiger partial charge in [-0.15, -0.1) is 10.2 Å². The minimum atomic E-state index is 0.0847. The van der Waals surface area contributed by atoms with E-state index < -0.39 is 0 Å². The lowest BCUT2D eigenvalue weighted by Gasteiger charge is -2.31. The summed E-state index contributed by atoms with van der Waals surface area (Å²) >= 11 is 5.97. The van der Waals surface area contributed by atoms with Gasteiger partial charge in [0.05, 0.1) is 12.5 Å². The van der Waals surface area contributed by atoms with E-state index in [2.05, 4.69) is 20.4 Å². The van der Waals surface area contributed by atoms with Gasteiger partial charge in [0.25, 0.3) is 0 Å². The van der Waals surface area contributed by atoms with Crippen molar-refractivity contribution in [3.63, 3.8) is 0 Å². The molecule has 1 aliphatic carbocycles. The molecule has 4 rings (SSSR count). The van der Waals surface area contributed by atoms with Gasteiger partial charge in [0.2, 0.25) is 5.91 Å². The highest BCUT2D eigenvalue weighted by molar-refractivity contribution is 6.30. The molecule has 0 radical (unpaired) electrons. The molecule has 1 aromatic heterocycles. The van der Waals surface area contributed by atoms with E-state index >= 15 is 0 Å². The third kappa shape index (κ3) is 4.50. The number of rotatable bonds is 6. The number of hydrogen-bond acceptors (Lipinski definition) is 4. The second-order valence-corrected chi connectivity index (χ2v) is 8.20. The number of piperidine rings is 1. The van der Waals surface area contributed by atoms with Crippen molar-refractivity contribution in [2.24, 2.45) is 18.9 Å². The van der Waals surface area contributed by atoms with Crippen LogP contribution >= 0.6 is 11.6 Å². The number of aromatic nitrogens is 3. The van der Waals surface area contributed by atoms with Gasteiger partial charge in [0.15, 0.2) is 5.82 Å². The molecule has 0 spiro atoms. The lowest BCUT2D eigenvalue weighted by Crippen LogP contribution is -2.43. The summed E-state index contributed by atoms with van der Waals surface area (Å²) in [5.41, 5.74) is 0.997. The molecule has 0 bridgehead atoms. The van der Waals surface area contributed by atoms with E-state index in [1.165, 1.54) is 12.8 Å². The second-order valence-electron chi connectivity index (χ2n) is 7.77. The Morgan fingerprint density at radius 2 is 2.00 bits per heavy atom. The maximum atomic E-state index is 12.4. The Kier molecular flexibility index (Phi) is 5.45. The standard InChI is InChI=1S/C20H26ClN5O/c1-25-18(23-24-19(25)15-6-8-17(21)9-7-15)13-26-10-2-3-16(12-26)20(27)22-11-14-4-5-14/h6-9,14,16H,2-5,10-13H2,1H3,(H,22,27). The molecular formula is C20H26ClN5O. The number of amides is 1. The summed E-state index contributed by atoms with van der Waals surface area (Å²) in [4.78, 5) is 14.8. The number of carbonyl (C=O) groups excluding carboxylic acids is 1. The van der Waals surface area contributed by atoms with Crippen molar-refractivity contribution in [1.82, 2.24) is 25.0 Å². The van der Waals surface area contributed by atoms with Crippen molar-refractivity contribution < 1.29 is 4.79 Å². The third-order valence-corrected chi connectivity index (χ3v) is 5.82. The molecule has 2 heterocycles. The Balaban J connectivity index is 1.38. The fourth-order valence-electron chi connectivity index (χ4n) is 3.67. The molecular weight excluding hydrogens is 362 g/mol. The summed E-state index contributed by atoms with van der Waals surface area (Å²) in [5, 5.41) is 12.6. The second kappa shape index (κ2) is 7.98. The molecule has 144 valence electrons. The topological polar surface area (TPSA) is 63.1 Å². The average Bonchev–Trinajstić information content (AvgIpc) is 3.45. The Morgan fingerprint density at radius 1 is 1.22 bits per heavy atom. The van der Waals surface area contributed by atoms with E-state index in [9.17, 15) is 4.79 Å². The molecule has 1 aromatic carbocycles. The number of hydrogen-bond donors (Lipinski definition) is 1. The van der Waals surface area contributed by atoms with Gasteiger partial charge in [-0.25, -0.2) is 0 Å². The van der Waals surface area contributed by atoms with Crippen LogP contribution in [0.15, 0.2) is 24.3 Å². The molecule has 7 heteroatoms. The van der Waals surface area contributed by atoms with Gasteiger partial charge in [-0.1, -0.05) is 11.6 Å². The molecule has 1 amide bonds. The lowest BCUT2D eigenvalue weighted by atomic mass is 9.97. The van der Waals surface area contributed by atoms with Crippen molar-refractivity contribution in [3.05, 3.63) is 35.1 Å². The normalized spacial score (nSPS) is 20.6. The Hall–Kier alpha value is -1.92. The molecule has 2 fully saturated rings. The highest BCUT2D eigenvalue weighted by Gasteiger charge is 2.28. The number of carbonyl (C=O) groups is 1. The SMILES string of the molecule is Cn1c(CN2CCCC(C(=O)NCC3CC3)C2)nnc1-c1ccc(Cl)cc1. The van der Waals surface area contributed by atoms with E-state index in [1.54, 1.807) is 0 Å². The van der Waals surface area contributed by atoms with Gasteiger partial charge in [-0.2, -0.15) is 0 Å². The Bertz CT molecular complexity index is 799. The summed E-state index contributed by atoms with van der Waals surface area (Å²) < 4.78 is 2.03. The van der Waals surface area contributed by atoms with Crippen LogP contribution in [0.25, 0.3) is 11.4 Å². The molecule has 6 nitrogen and oxygen atoms in total. The van der Waals surface area contributed by atoms with Crippen molar-refractivity contribution in [1.29, 1.82) is 0 Å². The van der Waals surface area contributed by atoms with E-state index in [0.717, 1.165) is 55.6 Å². The van der Waals surface area contributed by atoms with Crippen LogP contribution in [0, 0.1) is 11.8 Å². The minimum Gasteiger partial charge on any atom is -0.356 e. The average molecular weight is 388 g/mol. The van der Waals surface area contributed by atoms with E-state index in [0.29, 0.717) is 11.6 Å². The Morgan fingerprint density at radius 3 is 2.74 bits per heavy atom. The minimum absolute atomic E-state index is 0.0847. The summed E-state index contributed by atoms with van der Waals surface area (Å²) in [6.07, 6.45) is 4.55. The molecule has 2 aliphatic rings. The summed E-state index contributed by atoms with van der Waals surface area (Å²) in [5.74, 6) is 2.77. The molecule has 1 aliphatic heterocycles. The van der Waals surface area contributed by atoms with Crippen LogP contribution < -0.4 is 5.32 Å². The number of halogens is 1. The number of likely N-dealkylation sites (tertiary alicyclic amines) is 1. The van der Waals surface area contributed by atoms with E-state index in [4.69, 9.17) is 11.6 Å². The largest absolute Gasteiger partial charge is 0.356 e. The zero-order chi connectivity index (χ0) is 18.8. The highest BCUT2D eigenvalue weighted by Crippen LogP contribution is 2.28. The zero-order valence-corrected chi connectivity index (χ0v) is 16.5. The van der Waals surface area contributed by atoms with Crippen molar-refractivity contribution in [3.8, 4) is 11.4 Å². The van der Waals surface area contributed by atoms with Gasteiger partial charge in [-0.3, -0.25) is 9.69 Å². The number of nitrogens with zero attached hydrogens (tertiary/aromatic N) is 4. The lowest BCUT2D eigenvalue weighted by molar-refractivity contribution is -0.126. The molecule has 27 heavy (non-hydrogen) atoms. The van der Waals surface area contributed by atoms with Gasteiger partial charge in [0, 0.05) is 30.7 Å². The fraction of sp³-hybridized carbons (Fsp3) is 0.550. The summed E-state index contributed by atoms with van der Waals surface area (Å²) in [7, 11) is 1.99. The first-order chi connectivity index (χ1) is 13.1. The van der Waals surface area contributed by atoms with Gasteiger partial charge in [-0.05, 0) is 62.4 Å². The van der Waals surface area contributed by atoms with Gasteiger partial charge in [0.1, 0.15) is 5.82 Å². The number of benzene rings is 1. The molecule has 1 N–H and O–H groups in total. The first kappa shape index (κ1) is 18.4. The zero-order valence-electron chi connectivity index (χ0n) is 15.7. The molecule has 1 saturated carbocycles. The van der Waals surface area contributed by atoms with Gasteiger partial charge < -0.3 is 9.88 Å². The molecule has 1 saturated heterocycles. The van der Waals surface area contributed by atoms with Crippen LogP contribution in [0.4, 0.5) is 0 Å². The van der Waals surface area contributed by atoms with Crippen molar-refractivity contribution in [2.75, 3.05) is 19.6 Å². The Labute approximate surface area is 164 Å². The van der Waals surface area contributed by atoms with Crippen LogP contribution in [0.2, 0.25) is 5.02 Å².